The Morgan fingerprint density at radius 3 is 2.74 bits per heavy atom. The van der Waals surface area contributed by atoms with E-state index in [-0.39, 0.29) is 0 Å². The number of hydrogen-bond donors (Lipinski definition) is 0. The van der Waals surface area contributed by atoms with E-state index in [0.717, 1.165) is 16.5 Å². The highest BCUT2D eigenvalue weighted by molar-refractivity contribution is 5.93. The number of fused-ring (bicyclic) bond motifs is 2. The molecule has 0 saturated heterocycles. The molecule has 1 aromatic heterocycles. The van der Waals surface area contributed by atoms with Gasteiger partial charge in [-0.2, -0.15) is 0 Å². The van der Waals surface area contributed by atoms with Crippen LogP contribution in [0, 0.1) is 0 Å². The van der Waals surface area contributed by atoms with Gasteiger partial charge >= 0.3 is 11.7 Å². The minimum Gasteiger partial charge on any atom is -0.491 e. The van der Waals surface area contributed by atoms with Gasteiger partial charge in [-0.1, -0.05) is 36.4 Å². The van der Waals surface area contributed by atoms with Gasteiger partial charge in [-0.05, 0) is 29.7 Å². The fraction of sp³-hybridized carbons (Fsp3) is 0.143. The lowest BCUT2D eigenvalue weighted by molar-refractivity contribution is 0.0600. The van der Waals surface area contributed by atoms with Gasteiger partial charge in [-0.25, -0.2) is 9.59 Å². The zero-order valence-corrected chi connectivity index (χ0v) is 14.7. The van der Waals surface area contributed by atoms with Crippen LogP contribution in [-0.4, -0.2) is 24.3 Å². The lowest BCUT2D eigenvalue weighted by Crippen LogP contribution is -2.18. The molecule has 0 bridgehead atoms. The number of oxazole rings is 1. The number of hydrogen-bond acceptors (Lipinski definition) is 5. The molecule has 6 nitrogen and oxygen atoms in total. The van der Waals surface area contributed by atoms with Gasteiger partial charge in [0.25, 0.3) is 0 Å². The summed E-state index contributed by atoms with van der Waals surface area (Å²) in [6, 6.07) is 18.6. The van der Waals surface area contributed by atoms with E-state index >= 15 is 0 Å². The molecule has 0 fully saturated rings. The Morgan fingerprint density at radius 1 is 1.07 bits per heavy atom. The molecule has 0 spiro atoms. The van der Waals surface area contributed by atoms with E-state index in [4.69, 9.17) is 9.15 Å². The topological polar surface area (TPSA) is 70.7 Å². The Kier molecular flexibility index (Phi) is 4.38. The maximum atomic E-state index is 12.2. The molecule has 27 heavy (non-hydrogen) atoms. The summed E-state index contributed by atoms with van der Waals surface area (Å²) in [7, 11) is 1.30. The van der Waals surface area contributed by atoms with E-state index in [1.807, 2.05) is 42.5 Å². The number of ether oxygens (including phenoxy) is 2. The molecule has 0 atom stereocenters. The molecular weight excluding hydrogens is 346 g/mol. The molecule has 0 radical (unpaired) electrons. The van der Waals surface area contributed by atoms with E-state index in [9.17, 15) is 9.59 Å². The largest absolute Gasteiger partial charge is 0.491 e. The Hall–Kier alpha value is -3.54. The fourth-order valence-corrected chi connectivity index (χ4v) is 3.09. The Morgan fingerprint density at radius 2 is 1.89 bits per heavy atom. The van der Waals surface area contributed by atoms with E-state index in [1.54, 1.807) is 12.1 Å². The number of methoxy groups -OCH3 is 1. The first-order valence-corrected chi connectivity index (χ1v) is 8.49. The summed E-state index contributed by atoms with van der Waals surface area (Å²) in [5.41, 5.74) is 1.28. The monoisotopic (exact) mass is 363 g/mol. The average molecular weight is 363 g/mol. The van der Waals surface area contributed by atoms with Crippen molar-refractivity contribution in [2.75, 3.05) is 13.7 Å². The second-order valence-electron chi connectivity index (χ2n) is 6.02. The third-order valence-corrected chi connectivity index (χ3v) is 4.41. The van der Waals surface area contributed by atoms with Gasteiger partial charge in [0, 0.05) is 5.39 Å². The highest BCUT2D eigenvalue weighted by Gasteiger charge is 2.13. The van der Waals surface area contributed by atoms with Gasteiger partial charge in [0.05, 0.1) is 24.7 Å². The van der Waals surface area contributed by atoms with Crippen molar-refractivity contribution in [3.05, 3.63) is 76.8 Å². The molecule has 1 heterocycles. The van der Waals surface area contributed by atoms with Crippen molar-refractivity contribution in [1.29, 1.82) is 0 Å². The van der Waals surface area contributed by atoms with Crippen molar-refractivity contribution in [1.82, 2.24) is 4.57 Å². The number of carbonyl (C=O) groups excluding carboxylic acids is 1. The molecule has 4 aromatic rings. The minimum absolute atomic E-state index is 0.307. The zero-order chi connectivity index (χ0) is 18.8. The highest BCUT2D eigenvalue weighted by Crippen LogP contribution is 2.25. The fourth-order valence-electron chi connectivity index (χ4n) is 3.09. The summed E-state index contributed by atoms with van der Waals surface area (Å²) in [5, 5.41) is 2.11. The van der Waals surface area contributed by atoms with Gasteiger partial charge in [-0.3, -0.25) is 4.57 Å². The molecule has 0 saturated carbocycles. The molecule has 0 N–H and O–H groups in total. The van der Waals surface area contributed by atoms with E-state index < -0.39 is 11.7 Å². The Balaban J connectivity index is 1.56. The van der Waals surface area contributed by atoms with E-state index in [0.29, 0.717) is 29.8 Å². The molecular formula is C21H17NO5. The number of aromatic nitrogens is 1. The molecule has 4 rings (SSSR count). The van der Waals surface area contributed by atoms with E-state index in [2.05, 4.69) is 4.74 Å². The van der Waals surface area contributed by atoms with E-state index in [1.165, 1.54) is 17.7 Å². The molecule has 0 aliphatic rings. The van der Waals surface area contributed by atoms with Crippen LogP contribution < -0.4 is 10.5 Å². The maximum Gasteiger partial charge on any atom is 0.420 e. The predicted octanol–water partition coefficient (Wildman–Crippen LogP) is 3.61. The van der Waals surface area contributed by atoms with Crippen LogP contribution in [0.5, 0.6) is 5.75 Å². The molecule has 136 valence electrons. The number of rotatable bonds is 5. The first kappa shape index (κ1) is 16.9. The molecule has 0 aliphatic heterocycles. The second kappa shape index (κ2) is 6.99. The number of carbonyl (C=O) groups is 1. The van der Waals surface area contributed by atoms with Crippen LogP contribution in [0.1, 0.15) is 10.4 Å². The van der Waals surface area contributed by atoms with Crippen LogP contribution in [0.25, 0.3) is 21.9 Å². The maximum absolute atomic E-state index is 12.2. The Bertz CT molecular complexity index is 1180. The van der Waals surface area contributed by atoms with Crippen molar-refractivity contribution < 1.29 is 18.7 Å². The zero-order valence-electron chi connectivity index (χ0n) is 14.7. The van der Waals surface area contributed by atoms with Crippen LogP contribution in [-0.2, 0) is 11.3 Å². The summed E-state index contributed by atoms with van der Waals surface area (Å²) >= 11 is 0. The molecule has 0 amide bonds. The number of esters is 1. The second-order valence-corrected chi connectivity index (χ2v) is 6.02. The lowest BCUT2D eigenvalue weighted by atomic mass is 10.1. The molecule has 6 heteroatoms. The van der Waals surface area contributed by atoms with Crippen LogP contribution in [0.15, 0.2) is 69.9 Å². The Labute approximate surface area is 154 Å². The number of nitrogens with zero attached hydrogens (tertiary/aromatic N) is 1. The molecule has 3 aromatic carbocycles. The van der Waals surface area contributed by atoms with Crippen LogP contribution in [0.3, 0.4) is 0 Å². The molecule has 0 aliphatic carbocycles. The van der Waals surface area contributed by atoms with Crippen LogP contribution in [0.2, 0.25) is 0 Å². The first-order chi connectivity index (χ1) is 13.2. The van der Waals surface area contributed by atoms with Gasteiger partial charge in [0.15, 0.2) is 5.58 Å². The third-order valence-electron chi connectivity index (χ3n) is 4.41. The number of benzene rings is 3. The molecule has 0 unspecified atom stereocenters. The third kappa shape index (κ3) is 3.17. The summed E-state index contributed by atoms with van der Waals surface area (Å²) in [4.78, 5) is 23.8. The van der Waals surface area contributed by atoms with Crippen molar-refractivity contribution in [2.24, 2.45) is 0 Å². The normalized spacial score (nSPS) is 11.0. The smallest absolute Gasteiger partial charge is 0.420 e. The van der Waals surface area contributed by atoms with Crippen LogP contribution in [0.4, 0.5) is 0 Å². The van der Waals surface area contributed by atoms with Gasteiger partial charge < -0.3 is 13.9 Å². The van der Waals surface area contributed by atoms with Crippen LogP contribution >= 0.6 is 0 Å². The lowest BCUT2D eigenvalue weighted by Gasteiger charge is -2.09. The minimum atomic E-state index is -0.492. The summed E-state index contributed by atoms with van der Waals surface area (Å²) in [5.74, 6) is -0.206. The van der Waals surface area contributed by atoms with Crippen molar-refractivity contribution in [3.8, 4) is 5.75 Å². The average Bonchev–Trinajstić information content (AvgIpc) is 3.02. The van der Waals surface area contributed by atoms with Gasteiger partial charge in [0.1, 0.15) is 12.4 Å². The summed E-state index contributed by atoms with van der Waals surface area (Å²) in [6.45, 7) is 0.633. The SMILES string of the molecule is COC(=O)c1ccc2c(c1)oc(=O)n2CCOc1cccc2ccccc12. The van der Waals surface area contributed by atoms with Crippen molar-refractivity contribution >= 4 is 27.8 Å². The quantitative estimate of drug-likeness (QED) is 0.507. The standard InChI is InChI=1S/C21H17NO5/c1-25-20(23)15-9-10-17-19(13-15)27-21(24)22(17)11-12-26-18-8-4-6-14-5-2-3-7-16(14)18/h2-10,13H,11-12H2,1H3. The van der Waals surface area contributed by atoms with Crippen molar-refractivity contribution in [3.63, 3.8) is 0 Å². The highest BCUT2D eigenvalue weighted by atomic mass is 16.5. The van der Waals surface area contributed by atoms with Crippen molar-refractivity contribution in [2.45, 2.75) is 6.54 Å². The van der Waals surface area contributed by atoms with Gasteiger partial charge in [-0.15, -0.1) is 0 Å². The first-order valence-electron chi connectivity index (χ1n) is 8.49. The summed E-state index contributed by atoms with van der Waals surface area (Å²) in [6.07, 6.45) is 0. The van der Waals surface area contributed by atoms with Gasteiger partial charge in [0.2, 0.25) is 0 Å². The summed E-state index contributed by atoms with van der Waals surface area (Å²) < 4.78 is 17.3. The predicted molar refractivity (Wildman–Crippen MR) is 101 cm³/mol.